The molecule has 0 aromatic heterocycles. The number of anilines is 1. The highest BCUT2D eigenvalue weighted by atomic mass is 35.5. The Morgan fingerprint density at radius 1 is 1.17 bits per heavy atom. The highest BCUT2D eigenvalue weighted by Gasteiger charge is 2.35. The molecule has 158 valence electrons. The second-order valence-electron chi connectivity index (χ2n) is 5.82. The zero-order valence-electron chi connectivity index (χ0n) is 15.0. The number of rotatable bonds is 6. The molecule has 12 heteroatoms. The summed E-state index contributed by atoms with van der Waals surface area (Å²) in [4.78, 5) is 11.7. The Morgan fingerprint density at radius 2 is 1.83 bits per heavy atom. The van der Waals surface area contributed by atoms with E-state index < -0.39 is 50.1 Å². The van der Waals surface area contributed by atoms with E-state index in [0.717, 1.165) is 31.2 Å². The van der Waals surface area contributed by atoms with Crippen molar-refractivity contribution in [3.05, 3.63) is 52.8 Å². The van der Waals surface area contributed by atoms with Crippen molar-refractivity contribution in [2.75, 3.05) is 12.4 Å². The molecule has 29 heavy (non-hydrogen) atoms. The minimum atomic E-state index is -4.80. The van der Waals surface area contributed by atoms with Crippen LogP contribution in [0.4, 0.5) is 23.2 Å². The topological polar surface area (TPSA) is 84.5 Å². The molecule has 1 unspecified atom stereocenters. The molecule has 2 rings (SSSR count). The van der Waals surface area contributed by atoms with Crippen LogP contribution in [0.15, 0.2) is 41.3 Å². The molecule has 0 aliphatic carbocycles. The van der Waals surface area contributed by atoms with E-state index in [2.05, 4.69) is 0 Å². The fraction of sp³-hybridized carbons (Fsp3) is 0.235. The van der Waals surface area contributed by atoms with E-state index in [-0.39, 0.29) is 10.8 Å². The van der Waals surface area contributed by atoms with Crippen LogP contribution in [0.2, 0.25) is 5.02 Å². The van der Waals surface area contributed by atoms with Crippen molar-refractivity contribution in [1.29, 1.82) is 0 Å². The van der Waals surface area contributed by atoms with E-state index in [0.29, 0.717) is 12.1 Å². The first-order chi connectivity index (χ1) is 13.3. The molecule has 1 atom stereocenters. The lowest BCUT2D eigenvalue weighted by Gasteiger charge is -2.18. The third kappa shape index (κ3) is 5.58. The lowest BCUT2D eigenvalue weighted by Crippen LogP contribution is -2.41. The lowest BCUT2D eigenvalue weighted by molar-refractivity contribution is -0.137. The number of benzene rings is 2. The summed E-state index contributed by atoms with van der Waals surface area (Å²) in [6.07, 6.45) is -4.80. The van der Waals surface area contributed by atoms with Crippen LogP contribution in [0.25, 0.3) is 0 Å². The van der Waals surface area contributed by atoms with Crippen molar-refractivity contribution in [1.82, 2.24) is 4.72 Å². The fourth-order valence-electron chi connectivity index (χ4n) is 2.31. The molecule has 6 nitrogen and oxygen atoms in total. The summed E-state index contributed by atoms with van der Waals surface area (Å²) in [5.74, 6) is -2.11. The van der Waals surface area contributed by atoms with Gasteiger partial charge < -0.3 is 10.1 Å². The molecule has 0 aliphatic heterocycles. The van der Waals surface area contributed by atoms with E-state index in [1.54, 1.807) is 0 Å². The number of hydrogen-bond donors (Lipinski definition) is 2. The first kappa shape index (κ1) is 22.9. The first-order valence-corrected chi connectivity index (χ1v) is 9.74. The van der Waals surface area contributed by atoms with Crippen molar-refractivity contribution in [2.45, 2.75) is 24.0 Å². The number of halogens is 5. The maximum absolute atomic E-state index is 13.4. The average molecular weight is 455 g/mol. The van der Waals surface area contributed by atoms with Crippen LogP contribution in [-0.2, 0) is 21.0 Å². The van der Waals surface area contributed by atoms with E-state index in [1.807, 2.05) is 10.0 Å². The Balaban J connectivity index is 2.25. The molecule has 2 N–H and O–H groups in total. The molecule has 0 saturated heterocycles. The third-order valence-corrected chi connectivity index (χ3v) is 5.48. The maximum Gasteiger partial charge on any atom is 0.418 e. The molecular formula is C17H15ClF4N2O4S. The summed E-state index contributed by atoms with van der Waals surface area (Å²) in [6.45, 7) is 1.11. The predicted molar refractivity (Wildman–Crippen MR) is 97.8 cm³/mol. The smallest absolute Gasteiger partial charge is 0.418 e. The Hall–Kier alpha value is -2.37. The number of hydrogen-bond acceptors (Lipinski definition) is 4. The fourth-order valence-corrected chi connectivity index (χ4v) is 3.87. The van der Waals surface area contributed by atoms with Crippen LogP contribution in [-0.4, -0.2) is 27.5 Å². The molecule has 2 aromatic carbocycles. The summed E-state index contributed by atoms with van der Waals surface area (Å²) >= 11 is 5.57. The summed E-state index contributed by atoms with van der Waals surface area (Å²) in [5, 5.41) is 1.82. The third-order valence-electron chi connectivity index (χ3n) is 3.69. The van der Waals surface area contributed by atoms with E-state index in [1.165, 1.54) is 7.11 Å². The predicted octanol–water partition coefficient (Wildman–Crippen LogP) is 3.81. The lowest BCUT2D eigenvalue weighted by atomic mass is 10.1. The van der Waals surface area contributed by atoms with Gasteiger partial charge in [0, 0.05) is 5.02 Å². The van der Waals surface area contributed by atoms with Gasteiger partial charge in [0.2, 0.25) is 15.9 Å². The summed E-state index contributed by atoms with van der Waals surface area (Å²) < 4.78 is 84.6. The molecule has 0 bridgehead atoms. The zero-order chi connectivity index (χ0) is 22.0. The van der Waals surface area contributed by atoms with Gasteiger partial charge in [-0.1, -0.05) is 11.6 Å². The Labute approximate surface area is 168 Å². The Kier molecular flexibility index (Phi) is 6.76. The maximum atomic E-state index is 13.4. The van der Waals surface area contributed by atoms with Crippen molar-refractivity contribution >= 4 is 33.2 Å². The molecule has 0 spiro atoms. The number of methoxy groups -OCH3 is 1. The van der Waals surface area contributed by atoms with E-state index in [9.17, 15) is 30.8 Å². The number of sulfonamides is 1. The Bertz CT molecular complexity index is 1030. The van der Waals surface area contributed by atoms with Gasteiger partial charge in [-0.05, 0) is 43.3 Å². The number of carbonyl (C=O) groups excluding carboxylic acids is 1. The van der Waals surface area contributed by atoms with Gasteiger partial charge in [-0.3, -0.25) is 4.79 Å². The van der Waals surface area contributed by atoms with Gasteiger partial charge in [-0.15, -0.1) is 0 Å². The molecule has 0 saturated carbocycles. The summed E-state index contributed by atoms with van der Waals surface area (Å²) in [6, 6.07) is 3.96. The standard InChI is InChI=1S/C17H15ClF4N2O4S/c1-9(24-29(26,27)15-8-11(19)4-6-14(15)28-2)16(25)23-13-5-3-10(18)7-12(13)17(20,21)22/h3-9,24H,1-2H3,(H,23,25). The molecule has 1 amide bonds. The highest BCUT2D eigenvalue weighted by molar-refractivity contribution is 7.89. The van der Waals surface area contributed by atoms with Crippen LogP contribution < -0.4 is 14.8 Å². The number of ether oxygens (including phenoxy) is 1. The summed E-state index contributed by atoms with van der Waals surface area (Å²) in [7, 11) is -3.26. The zero-order valence-corrected chi connectivity index (χ0v) is 16.5. The largest absolute Gasteiger partial charge is 0.495 e. The van der Waals surface area contributed by atoms with Gasteiger partial charge in [0.25, 0.3) is 0 Å². The van der Waals surface area contributed by atoms with Crippen LogP contribution in [0, 0.1) is 5.82 Å². The molecule has 2 aromatic rings. The quantitative estimate of drug-likeness (QED) is 0.650. The summed E-state index contributed by atoms with van der Waals surface area (Å²) in [5.41, 5.74) is -1.79. The normalized spacial score (nSPS) is 13.1. The van der Waals surface area contributed by atoms with Crippen molar-refractivity contribution in [2.24, 2.45) is 0 Å². The molecule has 0 radical (unpaired) electrons. The van der Waals surface area contributed by atoms with E-state index >= 15 is 0 Å². The van der Waals surface area contributed by atoms with Crippen molar-refractivity contribution < 1.29 is 35.5 Å². The second-order valence-corrected chi connectivity index (χ2v) is 7.93. The SMILES string of the molecule is COc1ccc(F)cc1S(=O)(=O)NC(C)C(=O)Nc1ccc(Cl)cc1C(F)(F)F. The van der Waals surface area contributed by atoms with Crippen LogP contribution in [0.3, 0.4) is 0 Å². The molecular weight excluding hydrogens is 440 g/mol. The van der Waals surface area contributed by atoms with Gasteiger partial charge in [0.05, 0.1) is 24.4 Å². The number of alkyl halides is 3. The van der Waals surface area contributed by atoms with Gasteiger partial charge in [-0.2, -0.15) is 17.9 Å². The van der Waals surface area contributed by atoms with Gasteiger partial charge in [-0.25, -0.2) is 12.8 Å². The minimum absolute atomic E-state index is 0.177. The van der Waals surface area contributed by atoms with Crippen molar-refractivity contribution in [3.63, 3.8) is 0 Å². The number of nitrogens with one attached hydrogen (secondary N) is 2. The highest BCUT2D eigenvalue weighted by Crippen LogP contribution is 2.36. The monoisotopic (exact) mass is 454 g/mol. The van der Waals surface area contributed by atoms with Gasteiger partial charge in [0.1, 0.15) is 16.5 Å². The Morgan fingerprint density at radius 3 is 2.41 bits per heavy atom. The van der Waals surface area contributed by atoms with E-state index in [4.69, 9.17) is 16.3 Å². The molecule has 0 aliphatic rings. The van der Waals surface area contributed by atoms with Crippen molar-refractivity contribution in [3.8, 4) is 5.75 Å². The molecule has 0 heterocycles. The van der Waals surface area contributed by atoms with Crippen LogP contribution >= 0.6 is 11.6 Å². The average Bonchev–Trinajstić information content (AvgIpc) is 2.61. The number of amides is 1. The number of carbonyl (C=O) groups is 1. The second kappa shape index (κ2) is 8.56. The van der Waals surface area contributed by atoms with Gasteiger partial charge in [0.15, 0.2) is 0 Å². The van der Waals surface area contributed by atoms with Crippen LogP contribution in [0.5, 0.6) is 5.75 Å². The first-order valence-electron chi connectivity index (χ1n) is 7.88. The minimum Gasteiger partial charge on any atom is -0.495 e. The van der Waals surface area contributed by atoms with Gasteiger partial charge >= 0.3 is 6.18 Å². The van der Waals surface area contributed by atoms with Crippen LogP contribution in [0.1, 0.15) is 12.5 Å². The molecule has 0 fully saturated rings.